The molecule has 7 aliphatic rings. The Balaban J connectivity index is 0.000000185. The highest BCUT2D eigenvalue weighted by Crippen LogP contribution is 2.47. The highest BCUT2D eigenvalue weighted by molar-refractivity contribution is 7.02. The Morgan fingerprint density at radius 3 is 1.02 bits per heavy atom. The largest absolute Gasteiger partial charge is 0.475 e. The Hall–Kier alpha value is 0.746. The van der Waals surface area contributed by atoms with Gasteiger partial charge in [-0.05, 0) is 68.4 Å². The van der Waals surface area contributed by atoms with Gasteiger partial charge in [-0.3, -0.25) is 0 Å². The molecule has 0 amide bonds. The van der Waals surface area contributed by atoms with Crippen molar-refractivity contribution in [2.45, 2.75) is 104 Å². The van der Waals surface area contributed by atoms with Gasteiger partial charge in [-0.25, -0.2) is 0 Å². The van der Waals surface area contributed by atoms with Gasteiger partial charge in [0.1, 0.15) is 0 Å². The molecule has 1 aromatic carbocycles. The lowest BCUT2D eigenvalue weighted by atomic mass is 9.89. The van der Waals surface area contributed by atoms with Crippen LogP contribution >= 0.6 is 0 Å². The lowest BCUT2D eigenvalue weighted by Crippen LogP contribution is -2.86. The predicted molar refractivity (Wildman–Crippen MR) is 217 cm³/mol. The van der Waals surface area contributed by atoms with E-state index in [0.29, 0.717) is 0 Å². The average Bonchev–Trinajstić information content (AvgIpc) is 2.87. The van der Waals surface area contributed by atoms with Crippen LogP contribution in [0.4, 0.5) is 0 Å². The van der Waals surface area contributed by atoms with Gasteiger partial charge in [-0.2, -0.15) is 0 Å². The Bertz CT molecular complexity index is 1290. The van der Waals surface area contributed by atoms with E-state index in [1.807, 2.05) is 5.70 Å². The molecule has 8 rings (SSSR count). The first-order valence-corrected chi connectivity index (χ1v) is 43.9. The minimum atomic E-state index is -3.40. The molecule has 0 unspecified atom stereocenters. The van der Waals surface area contributed by atoms with E-state index in [4.69, 9.17) is 62.3 Å². The molecule has 26 heteroatoms. The van der Waals surface area contributed by atoms with Gasteiger partial charge in [0.2, 0.25) is 16.6 Å². The van der Waals surface area contributed by atoms with Crippen molar-refractivity contribution in [3.63, 3.8) is 0 Å². The van der Waals surface area contributed by atoms with E-state index in [1.54, 1.807) is 66.6 Å². The third-order valence-corrected chi connectivity index (χ3v) is 53.3. The van der Waals surface area contributed by atoms with E-state index in [9.17, 15) is 0 Å². The Morgan fingerprint density at radius 1 is 0.519 bits per heavy atom. The minimum Gasteiger partial charge on any atom is -0.432 e. The van der Waals surface area contributed by atoms with Crippen LogP contribution in [0.1, 0.15) is 11.1 Å². The van der Waals surface area contributed by atoms with Crippen LogP contribution < -0.4 is 5.19 Å². The molecule has 0 spiro atoms. The normalized spacial score (nSPS) is 42.1. The summed E-state index contributed by atoms with van der Waals surface area (Å²) in [7, 11) is -28.8. The number of fused-ring (bicyclic) bond motifs is 1. The quantitative estimate of drug-likeness (QED) is 0.357. The smallest absolute Gasteiger partial charge is 0.432 e. The first-order valence-electron chi connectivity index (χ1n) is 17.4. The van der Waals surface area contributed by atoms with E-state index in [-0.39, 0.29) is 0 Å². The zero-order valence-corrected chi connectivity index (χ0v) is 44.6. The summed E-state index contributed by atoms with van der Waals surface area (Å²) in [6.45, 7) is 30.6. The van der Waals surface area contributed by atoms with Crippen molar-refractivity contribution in [1.29, 1.82) is 0 Å². The van der Waals surface area contributed by atoms with Crippen molar-refractivity contribution >= 4 is 101 Å². The summed E-state index contributed by atoms with van der Waals surface area (Å²) in [6.07, 6.45) is 2.48. The molecule has 1 aromatic rings. The molecule has 0 N–H and O–H groups in total. The lowest BCUT2D eigenvalue weighted by molar-refractivity contribution is -0.0175. The van der Waals surface area contributed by atoms with Gasteiger partial charge in [0, 0.05) is 66.6 Å². The highest BCUT2D eigenvalue weighted by atomic mass is 28.6. The third-order valence-electron chi connectivity index (χ3n) is 9.02. The zero-order valence-electron chi connectivity index (χ0n) is 33.6. The molecule has 6 heterocycles. The summed E-state index contributed by atoms with van der Waals surface area (Å²) >= 11 is 0. The molecule has 0 radical (unpaired) electrons. The van der Waals surface area contributed by atoms with E-state index < -0.39 is 95.6 Å². The monoisotopic (exact) mass is 918 g/mol. The number of rotatable bonds is 6. The molecule has 1 aliphatic carbocycles. The van der Waals surface area contributed by atoms with Gasteiger partial charge in [0.25, 0.3) is 0 Å². The number of aryl methyl sites for hydroxylation is 2. The van der Waals surface area contributed by atoms with E-state index in [1.165, 1.54) is 29.2 Å². The molecule has 6 saturated heterocycles. The van der Waals surface area contributed by atoms with Crippen LogP contribution in [0.5, 0.6) is 0 Å². The number of hydrogen-bond donors (Lipinski definition) is 0. The maximum atomic E-state index is 6.39. The zero-order chi connectivity index (χ0) is 39.1. The van der Waals surface area contributed by atoms with Gasteiger partial charge >= 0.3 is 79.0 Å². The molecule has 296 valence electrons. The fourth-order valence-corrected chi connectivity index (χ4v) is 59.1. The average molecular weight is 920 g/mol. The van der Waals surface area contributed by atoms with Crippen LogP contribution in [0.15, 0.2) is 30.5 Å². The molecule has 0 atom stereocenters. The van der Waals surface area contributed by atoms with Gasteiger partial charge < -0.3 is 62.3 Å². The maximum Gasteiger partial charge on any atom is 0.475 e. The summed E-state index contributed by atoms with van der Waals surface area (Å²) in [5.74, 6) is 0. The molecular formula is C26H58O15Si11. The van der Waals surface area contributed by atoms with Crippen molar-refractivity contribution in [1.82, 2.24) is 0 Å². The van der Waals surface area contributed by atoms with Gasteiger partial charge in [-0.15, -0.1) is 6.58 Å². The minimum absolute atomic E-state index is 1.23. The maximum absolute atomic E-state index is 6.39. The van der Waals surface area contributed by atoms with Crippen LogP contribution in [0.25, 0.3) is 0 Å². The Labute approximate surface area is 321 Å². The van der Waals surface area contributed by atoms with Crippen molar-refractivity contribution in [3.05, 3.63) is 41.6 Å². The molecule has 8 bridgehead atoms. The SMILES string of the molecule is C=C[Si](C)(C)OC.CO[Si](C)(C)O[Si](C)(C)c1ccc2c(c1)CC2.C[Si]12O[Si]3(C)O[Si]4(C)O[Si](C)(O1)O[Si]1(C)O[Si](C)(O2)O[Si](C)(O3)O[Si](C)(O4)O1. The van der Waals surface area contributed by atoms with Crippen molar-refractivity contribution < 1.29 is 62.3 Å². The van der Waals surface area contributed by atoms with Crippen molar-refractivity contribution in [2.75, 3.05) is 14.2 Å². The summed E-state index contributed by atoms with van der Waals surface area (Å²) in [4.78, 5) is 0. The van der Waals surface area contributed by atoms with Crippen LogP contribution in [-0.2, 0) is 75.2 Å². The standard InChI is InChI=1S/C13H22O2Si2.C8H24O12Si8.C5H12OSi/c1-14-17(4,5)15-16(2,3)13-9-8-11-6-7-12(11)10-13;1-21-9-22(2)12-25(5)14-23(3,10-21)16-27(7)17-24(4,11-21)15-26(6,13-22)19-28(8,18-25)20-27;1-5-7(3,4)6-2/h8-10H,6-7H2,1-5H3;1-8H3;5H,1H2,2-4H3. The van der Waals surface area contributed by atoms with Crippen LogP contribution in [0, 0.1) is 0 Å². The second kappa shape index (κ2) is 14.2. The molecule has 6 fully saturated rings. The van der Waals surface area contributed by atoms with E-state index in [0.717, 1.165) is 0 Å². The van der Waals surface area contributed by atoms with Crippen LogP contribution in [-0.4, -0.2) is 110 Å². The first-order chi connectivity index (χ1) is 23.4. The van der Waals surface area contributed by atoms with Gasteiger partial charge in [-0.1, -0.05) is 23.9 Å². The molecular weight excluding hydrogens is 861 g/mol. The Morgan fingerprint density at radius 2 is 0.827 bits per heavy atom. The van der Waals surface area contributed by atoms with Crippen molar-refractivity contribution in [3.8, 4) is 0 Å². The number of benzene rings is 1. The van der Waals surface area contributed by atoms with Gasteiger partial charge in [0.05, 0.1) is 0 Å². The predicted octanol–water partition coefficient (Wildman–Crippen LogP) is 4.93. The van der Waals surface area contributed by atoms with Crippen molar-refractivity contribution in [2.24, 2.45) is 0 Å². The summed E-state index contributed by atoms with van der Waals surface area (Å²) < 4.78 is 93.7. The fraction of sp³-hybridized carbons (Fsp3) is 0.692. The van der Waals surface area contributed by atoms with Crippen LogP contribution in [0.3, 0.4) is 0 Å². The fourth-order valence-electron chi connectivity index (χ4n) is 6.91. The topological polar surface area (TPSA) is 138 Å². The van der Waals surface area contributed by atoms with Gasteiger partial charge in [0.15, 0.2) is 0 Å². The number of hydrogen-bond acceptors (Lipinski definition) is 15. The summed E-state index contributed by atoms with van der Waals surface area (Å²) in [5, 5.41) is 1.40. The molecule has 0 saturated carbocycles. The van der Waals surface area contributed by atoms with Crippen LogP contribution in [0.2, 0.25) is 91.7 Å². The Kier molecular flexibility index (Phi) is 12.0. The lowest BCUT2D eigenvalue weighted by Gasteiger charge is -2.60. The summed E-state index contributed by atoms with van der Waals surface area (Å²) in [6, 6.07) is 6.88. The first kappa shape index (κ1) is 43.9. The second-order valence-electron chi connectivity index (χ2n) is 15.8. The summed E-state index contributed by atoms with van der Waals surface area (Å²) in [5.41, 5.74) is 4.94. The molecule has 15 nitrogen and oxygen atoms in total. The van der Waals surface area contributed by atoms with E-state index >= 15 is 0 Å². The third kappa shape index (κ3) is 10.1. The highest BCUT2D eigenvalue weighted by Gasteiger charge is 2.78. The molecule has 52 heavy (non-hydrogen) atoms. The second-order valence-corrected chi connectivity index (χ2v) is 51.1. The molecule has 0 aromatic heterocycles. The molecule has 6 aliphatic heterocycles. The van der Waals surface area contributed by atoms with E-state index in [2.05, 4.69) is 64.1 Å².